The molecule has 0 amide bonds. The van der Waals surface area contributed by atoms with Gasteiger partial charge < -0.3 is 10.4 Å². The van der Waals surface area contributed by atoms with Gasteiger partial charge >= 0.3 is 0 Å². The molecule has 0 unspecified atom stereocenters. The average Bonchev–Trinajstić information content (AvgIpc) is 2.38. The fourth-order valence-corrected chi connectivity index (χ4v) is 1.89. The molecule has 0 spiro atoms. The van der Waals surface area contributed by atoms with E-state index in [1.54, 1.807) is 12.3 Å². The quantitative estimate of drug-likeness (QED) is 0.753. The minimum absolute atomic E-state index is 0.290. The molecule has 2 N–H and O–H groups in total. The number of para-hydroxylation sites is 1. The van der Waals surface area contributed by atoms with Gasteiger partial charge in [0.2, 0.25) is 0 Å². The summed E-state index contributed by atoms with van der Waals surface area (Å²) < 4.78 is 0. The number of piperazine rings is 1. The molecule has 1 fully saturated rings. The summed E-state index contributed by atoms with van der Waals surface area (Å²) in [5.41, 5.74) is 0.785. The minimum atomic E-state index is 0.290. The first kappa shape index (κ1) is 12.1. The van der Waals surface area contributed by atoms with E-state index in [0.29, 0.717) is 5.75 Å². The van der Waals surface area contributed by atoms with Crippen molar-refractivity contribution in [3.05, 3.63) is 29.8 Å². The largest absolute Gasteiger partial charge is 0.507 e. The van der Waals surface area contributed by atoms with Gasteiger partial charge in [0.25, 0.3) is 0 Å². The Morgan fingerprint density at radius 2 is 2.06 bits per heavy atom. The number of nitrogens with one attached hydrogen (secondary N) is 1. The zero-order chi connectivity index (χ0) is 11.9. The number of benzene rings is 1. The molecule has 0 aromatic heterocycles. The van der Waals surface area contributed by atoms with Crippen LogP contribution in [0.1, 0.15) is 5.56 Å². The Labute approximate surface area is 102 Å². The maximum Gasteiger partial charge on any atom is 0.124 e. The van der Waals surface area contributed by atoms with Crippen LogP contribution >= 0.6 is 0 Å². The number of nitrogens with zero attached hydrogens (tertiary/aromatic N) is 2. The number of aliphatic imine (C=N–C) groups is 1. The fraction of sp³-hybridized carbons (Fsp3) is 0.462. The molecule has 4 heteroatoms. The third kappa shape index (κ3) is 3.84. The van der Waals surface area contributed by atoms with Gasteiger partial charge in [0.05, 0.1) is 6.54 Å². The highest BCUT2D eigenvalue weighted by molar-refractivity contribution is 5.83. The second kappa shape index (κ2) is 6.37. The van der Waals surface area contributed by atoms with E-state index >= 15 is 0 Å². The van der Waals surface area contributed by atoms with Gasteiger partial charge in [-0.25, -0.2) is 0 Å². The number of hydrogen-bond donors (Lipinski definition) is 2. The van der Waals surface area contributed by atoms with Crippen LogP contribution in [0.25, 0.3) is 0 Å². The van der Waals surface area contributed by atoms with Crippen LogP contribution in [0.15, 0.2) is 29.3 Å². The van der Waals surface area contributed by atoms with Crippen molar-refractivity contribution in [3.63, 3.8) is 0 Å². The lowest BCUT2D eigenvalue weighted by molar-refractivity contribution is 0.248. The summed E-state index contributed by atoms with van der Waals surface area (Å²) in [6.07, 6.45) is 1.75. The number of rotatable bonds is 4. The maximum absolute atomic E-state index is 9.55. The van der Waals surface area contributed by atoms with Crippen LogP contribution in [-0.2, 0) is 0 Å². The molecule has 1 aromatic rings. The van der Waals surface area contributed by atoms with Crippen molar-refractivity contribution in [1.29, 1.82) is 0 Å². The van der Waals surface area contributed by atoms with Gasteiger partial charge in [0.15, 0.2) is 0 Å². The van der Waals surface area contributed by atoms with Crippen molar-refractivity contribution in [3.8, 4) is 5.75 Å². The van der Waals surface area contributed by atoms with Gasteiger partial charge in [-0.05, 0) is 12.1 Å². The number of phenols is 1. The van der Waals surface area contributed by atoms with E-state index in [4.69, 9.17) is 0 Å². The van der Waals surface area contributed by atoms with Crippen LogP contribution in [-0.4, -0.2) is 55.5 Å². The van der Waals surface area contributed by atoms with E-state index in [1.807, 2.05) is 18.2 Å². The molecule has 1 aromatic carbocycles. The van der Waals surface area contributed by atoms with E-state index < -0.39 is 0 Å². The van der Waals surface area contributed by atoms with E-state index in [-0.39, 0.29) is 0 Å². The first-order chi connectivity index (χ1) is 8.36. The van der Waals surface area contributed by atoms with E-state index in [1.165, 1.54) is 0 Å². The van der Waals surface area contributed by atoms with E-state index in [9.17, 15) is 5.11 Å². The Morgan fingerprint density at radius 1 is 1.29 bits per heavy atom. The molecule has 1 aliphatic heterocycles. The van der Waals surface area contributed by atoms with Gasteiger partial charge in [-0.15, -0.1) is 0 Å². The van der Waals surface area contributed by atoms with Gasteiger partial charge in [-0.1, -0.05) is 12.1 Å². The first-order valence-corrected chi connectivity index (χ1v) is 6.07. The molecule has 0 saturated carbocycles. The van der Waals surface area contributed by atoms with Crippen LogP contribution in [0.5, 0.6) is 5.75 Å². The van der Waals surface area contributed by atoms with Crippen LogP contribution < -0.4 is 5.32 Å². The van der Waals surface area contributed by atoms with Gasteiger partial charge in [0.1, 0.15) is 5.75 Å². The summed E-state index contributed by atoms with van der Waals surface area (Å²) in [6, 6.07) is 7.26. The molecule has 1 aliphatic rings. The van der Waals surface area contributed by atoms with Crippen molar-refractivity contribution in [2.75, 3.05) is 39.3 Å². The molecule has 0 radical (unpaired) electrons. The van der Waals surface area contributed by atoms with Gasteiger partial charge in [-0.2, -0.15) is 0 Å². The summed E-state index contributed by atoms with van der Waals surface area (Å²) >= 11 is 0. The van der Waals surface area contributed by atoms with Crippen molar-refractivity contribution in [2.45, 2.75) is 0 Å². The SMILES string of the molecule is Oc1ccccc1C=NCCN1CCNCC1. The normalized spacial score (nSPS) is 17.6. The summed E-state index contributed by atoms with van der Waals surface area (Å²) in [7, 11) is 0. The highest BCUT2D eigenvalue weighted by Crippen LogP contribution is 2.12. The Kier molecular flexibility index (Phi) is 4.53. The van der Waals surface area contributed by atoms with Crippen molar-refractivity contribution in [2.24, 2.45) is 4.99 Å². The molecule has 0 bridgehead atoms. The van der Waals surface area contributed by atoms with Crippen molar-refractivity contribution in [1.82, 2.24) is 10.2 Å². The monoisotopic (exact) mass is 233 g/mol. The molecule has 4 nitrogen and oxygen atoms in total. The molecule has 0 atom stereocenters. The number of aromatic hydroxyl groups is 1. The lowest BCUT2D eigenvalue weighted by Gasteiger charge is -2.26. The van der Waals surface area contributed by atoms with Crippen LogP contribution in [0.3, 0.4) is 0 Å². The van der Waals surface area contributed by atoms with Crippen LogP contribution in [0.4, 0.5) is 0 Å². The van der Waals surface area contributed by atoms with Crippen LogP contribution in [0, 0.1) is 0 Å². The second-order valence-electron chi connectivity index (χ2n) is 4.19. The Morgan fingerprint density at radius 3 is 2.82 bits per heavy atom. The zero-order valence-electron chi connectivity index (χ0n) is 9.97. The number of phenolic OH excluding ortho intramolecular Hbond substituents is 1. The third-order valence-electron chi connectivity index (χ3n) is 2.92. The Balaban J connectivity index is 1.76. The molecule has 1 saturated heterocycles. The third-order valence-corrected chi connectivity index (χ3v) is 2.92. The smallest absolute Gasteiger partial charge is 0.124 e. The molecule has 0 aliphatic carbocycles. The standard InChI is InChI=1S/C13H19N3O/c17-13-4-2-1-3-12(13)11-15-7-10-16-8-5-14-6-9-16/h1-4,11,14,17H,5-10H2. The molecule has 2 rings (SSSR count). The summed E-state index contributed by atoms with van der Waals surface area (Å²) in [5, 5.41) is 12.9. The Bertz CT molecular complexity index is 373. The highest BCUT2D eigenvalue weighted by atomic mass is 16.3. The highest BCUT2D eigenvalue weighted by Gasteiger charge is 2.07. The van der Waals surface area contributed by atoms with Gasteiger partial charge in [0, 0.05) is 44.5 Å². The first-order valence-electron chi connectivity index (χ1n) is 6.07. The van der Waals surface area contributed by atoms with Crippen LogP contribution in [0.2, 0.25) is 0 Å². The van der Waals surface area contributed by atoms with Crippen molar-refractivity contribution >= 4 is 6.21 Å². The minimum Gasteiger partial charge on any atom is -0.507 e. The molecule has 17 heavy (non-hydrogen) atoms. The van der Waals surface area contributed by atoms with Gasteiger partial charge in [-0.3, -0.25) is 9.89 Å². The molecular formula is C13H19N3O. The lowest BCUT2D eigenvalue weighted by Crippen LogP contribution is -2.44. The second-order valence-corrected chi connectivity index (χ2v) is 4.19. The lowest BCUT2D eigenvalue weighted by atomic mass is 10.2. The van der Waals surface area contributed by atoms with Crippen molar-refractivity contribution < 1.29 is 5.11 Å². The maximum atomic E-state index is 9.55. The summed E-state index contributed by atoms with van der Waals surface area (Å²) in [5.74, 6) is 0.290. The predicted octanol–water partition coefficient (Wildman–Crippen LogP) is 0.716. The Hall–Kier alpha value is -1.39. The predicted molar refractivity (Wildman–Crippen MR) is 69.9 cm³/mol. The molecule has 1 heterocycles. The zero-order valence-corrected chi connectivity index (χ0v) is 9.97. The fourth-order valence-electron chi connectivity index (χ4n) is 1.89. The average molecular weight is 233 g/mol. The summed E-state index contributed by atoms with van der Waals surface area (Å²) in [4.78, 5) is 6.75. The topological polar surface area (TPSA) is 47.9 Å². The van der Waals surface area contributed by atoms with E-state index in [2.05, 4.69) is 15.2 Å². The van der Waals surface area contributed by atoms with E-state index in [0.717, 1.165) is 44.8 Å². The number of hydrogen-bond acceptors (Lipinski definition) is 4. The molecular weight excluding hydrogens is 214 g/mol. The summed E-state index contributed by atoms with van der Waals surface area (Å²) in [6.45, 7) is 6.13. The molecule has 92 valence electrons.